The van der Waals surface area contributed by atoms with E-state index < -0.39 is 0 Å². The van der Waals surface area contributed by atoms with Gasteiger partial charge in [0.15, 0.2) is 0 Å². The zero-order valence-electron chi connectivity index (χ0n) is 16.8. The highest BCUT2D eigenvalue weighted by molar-refractivity contribution is 9.10. The highest BCUT2D eigenvalue weighted by Crippen LogP contribution is 2.31. The maximum atomic E-state index is 6.17. The van der Waals surface area contributed by atoms with Gasteiger partial charge in [-0.3, -0.25) is 4.90 Å². The Morgan fingerprint density at radius 2 is 1.52 bits per heavy atom. The van der Waals surface area contributed by atoms with E-state index in [2.05, 4.69) is 58.0 Å². The van der Waals surface area contributed by atoms with Crippen LogP contribution < -0.4 is 4.90 Å². The van der Waals surface area contributed by atoms with Gasteiger partial charge in [0.1, 0.15) is 6.04 Å². The Labute approximate surface area is 188 Å². The van der Waals surface area contributed by atoms with E-state index in [-0.39, 0.29) is 6.04 Å². The molecule has 1 aliphatic rings. The van der Waals surface area contributed by atoms with Crippen molar-refractivity contribution in [3.05, 3.63) is 89.0 Å². The molecule has 8 heteroatoms. The fourth-order valence-electron chi connectivity index (χ4n) is 3.83. The summed E-state index contributed by atoms with van der Waals surface area (Å²) in [5, 5.41) is 8.76. The third-order valence-electron chi connectivity index (χ3n) is 5.40. The fraction of sp³-hybridized carbons (Fsp3) is 0.217. The molecule has 1 fully saturated rings. The molecular weight excluding hydrogens is 456 g/mol. The summed E-state index contributed by atoms with van der Waals surface area (Å²) in [7, 11) is 0. The Bertz CT molecular complexity index is 1110. The van der Waals surface area contributed by atoms with Crippen molar-refractivity contribution in [1.82, 2.24) is 25.1 Å². The smallest absolute Gasteiger partial charge is 0.247 e. The van der Waals surface area contributed by atoms with E-state index in [1.807, 2.05) is 48.5 Å². The van der Waals surface area contributed by atoms with Gasteiger partial charge in [0.2, 0.25) is 17.7 Å². The van der Waals surface area contributed by atoms with Crippen molar-refractivity contribution < 1.29 is 4.42 Å². The predicted molar refractivity (Wildman–Crippen MR) is 122 cm³/mol. The molecule has 1 saturated heterocycles. The first-order valence-corrected chi connectivity index (χ1v) is 11.0. The summed E-state index contributed by atoms with van der Waals surface area (Å²) in [5.41, 5.74) is 2.04. The van der Waals surface area contributed by atoms with E-state index in [4.69, 9.17) is 4.42 Å². The van der Waals surface area contributed by atoms with Gasteiger partial charge in [-0.25, -0.2) is 9.97 Å². The molecule has 5 rings (SSSR count). The lowest BCUT2D eigenvalue weighted by atomic mass is 10.0. The highest BCUT2D eigenvalue weighted by atomic mass is 79.9. The van der Waals surface area contributed by atoms with Crippen LogP contribution in [0.25, 0.3) is 11.5 Å². The highest BCUT2D eigenvalue weighted by Gasteiger charge is 2.31. The number of hydrogen-bond acceptors (Lipinski definition) is 7. The Kier molecular flexibility index (Phi) is 5.73. The molecule has 2 aromatic heterocycles. The maximum absolute atomic E-state index is 6.17. The van der Waals surface area contributed by atoms with Crippen molar-refractivity contribution in [1.29, 1.82) is 0 Å². The van der Waals surface area contributed by atoms with Crippen LogP contribution in [-0.4, -0.2) is 51.2 Å². The second kappa shape index (κ2) is 8.95. The Morgan fingerprint density at radius 1 is 0.806 bits per heavy atom. The van der Waals surface area contributed by atoms with E-state index >= 15 is 0 Å². The topological polar surface area (TPSA) is 71.2 Å². The second-order valence-electron chi connectivity index (χ2n) is 7.34. The number of rotatable bonds is 5. The molecule has 3 heterocycles. The molecule has 2 aromatic carbocycles. The third-order valence-corrected chi connectivity index (χ3v) is 5.92. The summed E-state index contributed by atoms with van der Waals surface area (Å²) in [6.45, 7) is 3.33. The molecular formula is C23H21BrN6O. The standard InChI is InChI=1S/C23H21BrN6O/c24-19-9-7-17(8-10-19)20(22-28-27-21(31-22)18-5-2-1-3-6-18)29-13-15-30(16-14-29)23-25-11-4-12-26-23/h1-12,20H,13-16H2/t20-/m0/s1. The lowest BCUT2D eigenvalue weighted by molar-refractivity contribution is 0.187. The van der Waals surface area contributed by atoms with E-state index in [1.54, 1.807) is 12.4 Å². The van der Waals surface area contributed by atoms with Gasteiger partial charge in [-0.2, -0.15) is 0 Å². The normalized spacial score (nSPS) is 15.7. The van der Waals surface area contributed by atoms with Crippen molar-refractivity contribution in [2.24, 2.45) is 0 Å². The molecule has 0 N–H and O–H groups in total. The van der Waals surface area contributed by atoms with Crippen molar-refractivity contribution >= 4 is 21.9 Å². The molecule has 156 valence electrons. The van der Waals surface area contributed by atoms with Crippen molar-refractivity contribution in [2.75, 3.05) is 31.1 Å². The first-order valence-electron chi connectivity index (χ1n) is 10.2. The van der Waals surface area contributed by atoms with Gasteiger partial charge in [0.25, 0.3) is 0 Å². The Morgan fingerprint density at radius 3 is 2.23 bits per heavy atom. The van der Waals surface area contributed by atoms with Gasteiger partial charge < -0.3 is 9.32 Å². The molecule has 4 aromatic rings. The molecule has 0 unspecified atom stereocenters. The van der Waals surface area contributed by atoms with Gasteiger partial charge in [0.05, 0.1) is 0 Å². The minimum absolute atomic E-state index is 0.114. The third kappa shape index (κ3) is 4.35. The minimum atomic E-state index is -0.114. The maximum Gasteiger partial charge on any atom is 0.247 e. The second-order valence-corrected chi connectivity index (χ2v) is 8.25. The summed E-state index contributed by atoms with van der Waals surface area (Å²) in [4.78, 5) is 13.4. The zero-order valence-corrected chi connectivity index (χ0v) is 18.4. The summed E-state index contributed by atoms with van der Waals surface area (Å²) < 4.78 is 7.21. The van der Waals surface area contributed by atoms with Crippen LogP contribution in [0.5, 0.6) is 0 Å². The summed E-state index contributed by atoms with van der Waals surface area (Å²) in [6, 6.07) is 19.9. The average molecular weight is 477 g/mol. The van der Waals surface area contributed by atoms with Crippen LogP contribution in [0.2, 0.25) is 0 Å². The monoisotopic (exact) mass is 476 g/mol. The number of anilines is 1. The first kappa shape index (κ1) is 19.8. The van der Waals surface area contributed by atoms with Crippen LogP contribution in [0.3, 0.4) is 0 Å². The van der Waals surface area contributed by atoms with E-state index in [0.29, 0.717) is 11.8 Å². The van der Waals surface area contributed by atoms with Crippen LogP contribution in [0.15, 0.2) is 81.9 Å². The molecule has 0 aliphatic carbocycles. The van der Waals surface area contributed by atoms with Gasteiger partial charge >= 0.3 is 0 Å². The van der Waals surface area contributed by atoms with Crippen molar-refractivity contribution in [2.45, 2.75) is 6.04 Å². The van der Waals surface area contributed by atoms with Crippen molar-refractivity contribution in [3.63, 3.8) is 0 Å². The molecule has 1 aliphatic heterocycles. The number of aromatic nitrogens is 4. The van der Waals surface area contributed by atoms with Gasteiger partial charge in [-0.15, -0.1) is 10.2 Å². The summed E-state index contributed by atoms with van der Waals surface area (Å²) >= 11 is 3.53. The first-order chi connectivity index (χ1) is 15.3. The summed E-state index contributed by atoms with van der Waals surface area (Å²) in [5.74, 6) is 1.91. The largest absolute Gasteiger partial charge is 0.419 e. The van der Waals surface area contributed by atoms with Crippen LogP contribution in [0.4, 0.5) is 5.95 Å². The van der Waals surface area contributed by atoms with Crippen LogP contribution in [-0.2, 0) is 0 Å². The molecule has 0 bridgehead atoms. The average Bonchev–Trinajstić information content (AvgIpc) is 3.32. The van der Waals surface area contributed by atoms with Crippen LogP contribution in [0, 0.1) is 0 Å². The summed E-state index contributed by atoms with van der Waals surface area (Å²) in [6.07, 6.45) is 3.56. The van der Waals surface area contributed by atoms with E-state index in [0.717, 1.165) is 47.7 Å². The van der Waals surface area contributed by atoms with Gasteiger partial charge in [-0.1, -0.05) is 46.3 Å². The number of nitrogens with zero attached hydrogens (tertiary/aromatic N) is 6. The number of hydrogen-bond donors (Lipinski definition) is 0. The Hall–Kier alpha value is -3.10. The molecule has 0 radical (unpaired) electrons. The predicted octanol–water partition coefficient (Wildman–Crippen LogP) is 4.20. The van der Waals surface area contributed by atoms with Crippen LogP contribution >= 0.6 is 15.9 Å². The number of piperazine rings is 1. The molecule has 31 heavy (non-hydrogen) atoms. The van der Waals surface area contributed by atoms with Crippen molar-refractivity contribution in [3.8, 4) is 11.5 Å². The van der Waals surface area contributed by atoms with E-state index in [9.17, 15) is 0 Å². The van der Waals surface area contributed by atoms with Gasteiger partial charge in [0, 0.05) is 48.6 Å². The fourth-order valence-corrected chi connectivity index (χ4v) is 4.10. The van der Waals surface area contributed by atoms with Crippen LogP contribution in [0.1, 0.15) is 17.5 Å². The lowest BCUT2D eigenvalue weighted by Crippen LogP contribution is -2.48. The lowest BCUT2D eigenvalue weighted by Gasteiger charge is -2.38. The SMILES string of the molecule is Brc1ccc([C@@H](c2nnc(-c3ccccc3)o2)N2CCN(c3ncccn3)CC2)cc1. The molecule has 0 spiro atoms. The molecule has 7 nitrogen and oxygen atoms in total. The number of benzene rings is 2. The molecule has 0 saturated carbocycles. The molecule has 0 amide bonds. The number of halogens is 1. The van der Waals surface area contributed by atoms with E-state index in [1.165, 1.54) is 0 Å². The minimum Gasteiger partial charge on any atom is -0.419 e. The van der Waals surface area contributed by atoms with Gasteiger partial charge in [-0.05, 0) is 35.9 Å². The molecule has 1 atom stereocenters. The zero-order chi connectivity index (χ0) is 21.0. The Balaban J connectivity index is 1.42. The quantitative estimate of drug-likeness (QED) is 0.427.